The van der Waals surface area contributed by atoms with Gasteiger partial charge in [-0.25, -0.2) is 0 Å². The van der Waals surface area contributed by atoms with Crippen LogP contribution in [0.2, 0.25) is 0 Å². The van der Waals surface area contributed by atoms with Gasteiger partial charge in [0.25, 0.3) is 0 Å². The van der Waals surface area contributed by atoms with Gasteiger partial charge in [-0.3, -0.25) is 4.79 Å². The molecule has 0 unspecified atom stereocenters. The maximum Gasteiger partial charge on any atom is 0.316 e. The van der Waals surface area contributed by atoms with E-state index in [0.29, 0.717) is 11.6 Å². The van der Waals surface area contributed by atoms with Crippen LogP contribution >= 0.6 is 11.6 Å². The van der Waals surface area contributed by atoms with E-state index < -0.39 is 5.41 Å². The Morgan fingerprint density at radius 2 is 2.09 bits per heavy atom. The van der Waals surface area contributed by atoms with Gasteiger partial charge >= 0.3 is 5.97 Å². The van der Waals surface area contributed by atoms with Gasteiger partial charge in [-0.15, -0.1) is 0 Å². The molecule has 0 aromatic heterocycles. The Hall–Kier alpha value is -0.500. The number of hydrogen-bond donors (Lipinski definition) is 0. The lowest BCUT2D eigenvalue weighted by Gasteiger charge is -2.20. The van der Waals surface area contributed by atoms with E-state index in [1.54, 1.807) is 20.8 Å². The Morgan fingerprint density at radius 1 is 1.64 bits per heavy atom. The van der Waals surface area contributed by atoms with Crippen molar-refractivity contribution in [1.29, 1.82) is 0 Å². The minimum atomic E-state index is -0.780. The molecule has 11 heavy (non-hydrogen) atoms. The molecule has 0 N–H and O–H groups in total. The molecule has 0 radical (unpaired) electrons. The minimum Gasteiger partial charge on any atom is -0.465 e. The van der Waals surface area contributed by atoms with Crippen LogP contribution in [-0.2, 0) is 9.53 Å². The molecule has 0 aliphatic rings. The molecule has 0 atom stereocenters. The standard InChI is InChI=1S/C8H13ClO2/c1-5-11-7(10)8(3,4)6(2)9/h2,5H2,1,3-4H3. The van der Waals surface area contributed by atoms with Crippen LogP contribution in [0.25, 0.3) is 0 Å². The third kappa shape index (κ3) is 2.54. The summed E-state index contributed by atoms with van der Waals surface area (Å²) in [6.07, 6.45) is 0. The van der Waals surface area contributed by atoms with Crippen LogP contribution < -0.4 is 0 Å². The first-order valence-corrected chi connectivity index (χ1v) is 3.82. The van der Waals surface area contributed by atoms with E-state index in [4.69, 9.17) is 16.3 Å². The molecule has 2 nitrogen and oxygen atoms in total. The van der Waals surface area contributed by atoms with E-state index in [9.17, 15) is 4.79 Å². The Morgan fingerprint density at radius 3 is 2.36 bits per heavy atom. The molecule has 0 aliphatic heterocycles. The highest BCUT2D eigenvalue weighted by molar-refractivity contribution is 6.31. The number of ether oxygens (including phenoxy) is 1. The first-order chi connectivity index (χ1) is 4.92. The second kappa shape index (κ2) is 3.77. The van der Waals surface area contributed by atoms with Crippen molar-refractivity contribution >= 4 is 17.6 Å². The van der Waals surface area contributed by atoms with Crippen molar-refractivity contribution in [2.75, 3.05) is 6.61 Å². The van der Waals surface area contributed by atoms with Gasteiger partial charge in [-0.2, -0.15) is 0 Å². The normalized spacial score (nSPS) is 10.9. The molecule has 64 valence electrons. The fourth-order valence-electron chi connectivity index (χ4n) is 0.422. The summed E-state index contributed by atoms with van der Waals surface area (Å²) in [7, 11) is 0. The Balaban J connectivity index is 4.30. The number of carbonyl (C=O) groups is 1. The van der Waals surface area contributed by atoms with Gasteiger partial charge in [0.2, 0.25) is 0 Å². The van der Waals surface area contributed by atoms with E-state index in [-0.39, 0.29) is 5.97 Å². The zero-order chi connectivity index (χ0) is 9.07. The van der Waals surface area contributed by atoms with Gasteiger partial charge in [-0.05, 0) is 20.8 Å². The lowest BCUT2D eigenvalue weighted by Crippen LogP contribution is -2.26. The summed E-state index contributed by atoms with van der Waals surface area (Å²) in [5, 5.41) is 0.302. The maximum atomic E-state index is 11.1. The highest BCUT2D eigenvalue weighted by atomic mass is 35.5. The van der Waals surface area contributed by atoms with Crippen LogP contribution in [0.5, 0.6) is 0 Å². The lowest BCUT2D eigenvalue weighted by atomic mass is 9.94. The molecule has 0 bridgehead atoms. The van der Waals surface area contributed by atoms with Gasteiger partial charge in [0.1, 0.15) is 0 Å². The topological polar surface area (TPSA) is 26.3 Å². The predicted octanol–water partition coefficient (Wildman–Crippen LogP) is 2.33. The molecule has 0 amide bonds. The van der Waals surface area contributed by atoms with Crippen LogP contribution in [0, 0.1) is 5.41 Å². The molecule has 0 spiro atoms. The van der Waals surface area contributed by atoms with E-state index in [1.165, 1.54) is 0 Å². The molecular formula is C8H13ClO2. The summed E-state index contributed by atoms with van der Waals surface area (Å²) in [5.74, 6) is -0.333. The highest BCUT2D eigenvalue weighted by Gasteiger charge is 2.31. The van der Waals surface area contributed by atoms with E-state index >= 15 is 0 Å². The van der Waals surface area contributed by atoms with Gasteiger partial charge < -0.3 is 4.74 Å². The monoisotopic (exact) mass is 176 g/mol. The first kappa shape index (κ1) is 10.5. The SMILES string of the molecule is C=C(Cl)C(C)(C)C(=O)OCC. The third-order valence-electron chi connectivity index (χ3n) is 1.46. The second-order valence-corrected chi connectivity index (χ2v) is 3.21. The molecule has 3 heteroatoms. The molecule has 0 saturated carbocycles. The number of hydrogen-bond acceptors (Lipinski definition) is 2. The Kier molecular flexibility index (Phi) is 3.59. The van der Waals surface area contributed by atoms with Crippen molar-refractivity contribution in [2.45, 2.75) is 20.8 Å². The number of halogens is 1. The van der Waals surface area contributed by atoms with E-state index in [1.807, 2.05) is 0 Å². The van der Waals surface area contributed by atoms with Gasteiger partial charge in [0.05, 0.1) is 12.0 Å². The minimum absolute atomic E-state index is 0.302. The van der Waals surface area contributed by atoms with E-state index in [2.05, 4.69) is 6.58 Å². The summed E-state index contributed by atoms with van der Waals surface area (Å²) < 4.78 is 4.78. The number of rotatable bonds is 3. The number of carbonyl (C=O) groups excluding carboxylic acids is 1. The van der Waals surface area contributed by atoms with Crippen LogP contribution in [0.1, 0.15) is 20.8 Å². The van der Waals surface area contributed by atoms with Gasteiger partial charge in [0, 0.05) is 5.03 Å². The second-order valence-electron chi connectivity index (χ2n) is 2.75. The number of esters is 1. The molecular weight excluding hydrogens is 164 g/mol. The summed E-state index contributed by atoms with van der Waals surface area (Å²) in [4.78, 5) is 11.1. The van der Waals surface area contributed by atoms with Crippen molar-refractivity contribution in [2.24, 2.45) is 5.41 Å². The fraction of sp³-hybridized carbons (Fsp3) is 0.625. The maximum absolute atomic E-state index is 11.1. The average Bonchev–Trinajstić information content (AvgIpc) is 1.88. The van der Waals surface area contributed by atoms with Crippen LogP contribution in [0.15, 0.2) is 11.6 Å². The Labute approximate surface area is 72.2 Å². The summed E-state index contributed by atoms with van der Waals surface area (Å²) in [5.41, 5.74) is -0.780. The van der Waals surface area contributed by atoms with Crippen molar-refractivity contribution in [3.8, 4) is 0 Å². The summed E-state index contributed by atoms with van der Waals surface area (Å²) in [6.45, 7) is 8.98. The van der Waals surface area contributed by atoms with Crippen LogP contribution in [0.4, 0.5) is 0 Å². The first-order valence-electron chi connectivity index (χ1n) is 3.45. The van der Waals surface area contributed by atoms with Gasteiger partial charge in [-0.1, -0.05) is 18.2 Å². The molecule has 0 saturated heterocycles. The summed E-state index contributed by atoms with van der Waals surface area (Å²) in [6, 6.07) is 0. The van der Waals surface area contributed by atoms with Crippen molar-refractivity contribution < 1.29 is 9.53 Å². The molecule has 0 aromatic carbocycles. The largest absolute Gasteiger partial charge is 0.465 e. The molecule has 0 heterocycles. The van der Waals surface area contributed by atoms with Crippen LogP contribution in [0.3, 0.4) is 0 Å². The van der Waals surface area contributed by atoms with E-state index in [0.717, 1.165) is 0 Å². The lowest BCUT2D eigenvalue weighted by molar-refractivity contribution is -0.150. The Bertz CT molecular complexity index is 173. The van der Waals surface area contributed by atoms with Crippen LogP contribution in [-0.4, -0.2) is 12.6 Å². The fourth-order valence-corrected chi connectivity index (χ4v) is 0.499. The quantitative estimate of drug-likeness (QED) is 0.617. The zero-order valence-corrected chi connectivity index (χ0v) is 7.86. The van der Waals surface area contributed by atoms with Gasteiger partial charge in [0.15, 0.2) is 0 Å². The van der Waals surface area contributed by atoms with Crippen molar-refractivity contribution in [3.63, 3.8) is 0 Å². The molecule has 0 aromatic rings. The molecule has 0 aliphatic carbocycles. The molecule has 0 fully saturated rings. The van der Waals surface area contributed by atoms with Crippen molar-refractivity contribution in [1.82, 2.24) is 0 Å². The smallest absolute Gasteiger partial charge is 0.316 e. The van der Waals surface area contributed by atoms with Crippen molar-refractivity contribution in [3.05, 3.63) is 11.6 Å². The predicted molar refractivity (Wildman–Crippen MR) is 45.4 cm³/mol. The molecule has 0 rings (SSSR count). The average molecular weight is 177 g/mol. The zero-order valence-electron chi connectivity index (χ0n) is 7.11. The summed E-state index contributed by atoms with van der Waals surface area (Å²) >= 11 is 5.60. The highest BCUT2D eigenvalue weighted by Crippen LogP contribution is 2.29. The third-order valence-corrected chi connectivity index (χ3v) is 1.94.